The van der Waals surface area contributed by atoms with Crippen LogP contribution in [0.15, 0.2) is 142 Å². The van der Waals surface area contributed by atoms with Crippen molar-refractivity contribution in [3.05, 3.63) is 145 Å². The zero-order valence-electron chi connectivity index (χ0n) is 25.5. The van der Waals surface area contributed by atoms with Crippen LogP contribution in [0.2, 0.25) is 0 Å². The second-order valence-electron chi connectivity index (χ2n) is 12.6. The van der Waals surface area contributed by atoms with Gasteiger partial charge in [-0.25, -0.2) is 0 Å². The molecule has 8 aromatic carbocycles. The van der Waals surface area contributed by atoms with E-state index in [-0.39, 0.29) is 0 Å². The van der Waals surface area contributed by atoms with Gasteiger partial charge in [0.25, 0.3) is 0 Å². The van der Waals surface area contributed by atoms with Crippen LogP contribution < -0.4 is 0 Å². The SMILES string of the molecule is Cc1cc2c3cc(-c4cccc5c4oc4ccccc45)ccc3c3ccc(-c4cccc5c4oc4ccccc45)cc3c2cc1C. The van der Waals surface area contributed by atoms with Crippen LogP contribution >= 0.6 is 0 Å². The minimum Gasteiger partial charge on any atom is -0.455 e. The normalized spacial score (nSPS) is 12.1. The molecule has 0 aliphatic carbocycles. The van der Waals surface area contributed by atoms with Crippen molar-refractivity contribution in [3.8, 4) is 22.3 Å². The van der Waals surface area contributed by atoms with Gasteiger partial charge in [-0.1, -0.05) is 109 Å². The standard InChI is InChI=1S/C44H28O2/c1-25-21-37-38(22-26(25)2)40-24-28(30-12-8-14-36-34-10-4-6-16-42(34)46-44(30)36)18-20-32(40)31-19-17-27(23-39(31)37)29-11-7-13-35-33-9-3-5-15-41(33)45-43(29)35/h3-24H,1-2H3. The molecule has 0 aliphatic heterocycles. The van der Waals surface area contributed by atoms with E-state index in [9.17, 15) is 0 Å². The summed E-state index contributed by atoms with van der Waals surface area (Å²) in [7, 11) is 0. The van der Waals surface area contributed by atoms with Gasteiger partial charge in [0.2, 0.25) is 0 Å². The van der Waals surface area contributed by atoms with Gasteiger partial charge in [-0.15, -0.1) is 0 Å². The first-order valence-electron chi connectivity index (χ1n) is 15.8. The summed E-state index contributed by atoms with van der Waals surface area (Å²) in [4.78, 5) is 0. The fourth-order valence-electron chi connectivity index (χ4n) is 7.55. The molecule has 0 radical (unpaired) electrons. The Morgan fingerprint density at radius 1 is 0.326 bits per heavy atom. The summed E-state index contributed by atoms with van der Waals surface area (Å²) in [6.07, 6.45) is 0. The maximum atomic E-state index is 6.44. The molecule has 0 fully saturated rings. The van der Waals surface area contributed by atoms with E-state index in [0.29, 0.717) is 0 Å². The highest BCUT2D eigenvalue weighted by atomic mass is 16.3. The lowest BCUT2D eigenvalue weighted by Crippen LogP contribution is -1.89. The van der Waals surface area contributed by atoms with Gasteiger partial charge in [0, 0.05) is 32.7 Å². The van der Waals surface area contributed by atoms with Crippen LogP contribution in [0.4, 0.5) is 0 Å². The zero-order valence-corrected chi connectivity index (χ0v) is 25.5. The Bertz CT molecular complexity index is 2680. The van der Waals surface area contributed by atoms with E-state index in [4.69, 9.17) is 8.83 Å². The first-order chi connectivity index (χ1) is 22.6. The lowest BCUT2D eigenvalue weighted by molar-refractivity contribution is 0.669. The minimum atomic E-state index is 0.919. The van der Waals surface area contributed by atoms with E-state index in [0.717, 1.165) is 66.1 Å². The highest BCUT2D eigenvalue weighted by Crippen LogP contribution is 2.43. The number of hydrogen-bond donors (Lipinski definition) is 0. The van der Waals surface area contributed by atoms with Crippen LogP contribution in [0.25, 0.3) is 98.4 Å². The third kappa shape index (κ3) is 3.53. The number of rotatable bonds is 2. The first kappa shape index (κ1) is 25.5. The first-order valence-corrected chi connectivity index (χ1v) is 15.8. The van der Waals surface area contributed by atoms with Gasteiger partial charge in [-0.3, -0.25) is 0 Å². The van der Waals surface area contributed by atoms with Crippen molar-refractivity contribution < 1.29 is 8.83 Å². The van der Waals surface area contributed by atoms with Crippen molar-refractivity contribution in [1.29, 1.82) is 0 Å². The Morgan fingerprint density at radius 2 is 0.739 bits per heavy atom. The van der Waals surface area contributed by atoms with E-state index in [2.05, 4.69) is 123 Å². The summed E-state index contributed by atoms with van der Waals surface area (Å²) in [6, 6.07) is 48.1. The molecular weight excluding hydrogens is 560 g/mol. The monoisotopic (exact) mass is 588 g/mol. The van der Waals surface area contributed by atoms with Gasteiger partial charge < -0.3 is 8.83 Å². The number of fused-ring (bicyclic) bond motifs is 12. The Morgan fingerprint density at radius 3 is 1.22 bits per heavy atom. The maximum Gasteiger partial charge on any atom is 0.143 e. The van der Waals surface area contributed by atoms with Crippen LogP contribution in [-0.4, -0.2) is 0 Å². The van der Waals surface area contributed by atoms with E-state index >= 15 is 0 Å². The van der Waals surface area contributed by atoms with Gasteiger partial charge in [0.1, 0.15) is 22.3 Å². The number of aryl methyl sites for hydroxylation is 2. The Hall–Kier alpha value is -5.86. The topological polar surface area (TPSA) is 26.3 Å². The van der Waals surface area contributed by atoms with Crippen LogP contribution in [0, 0.1) is 13.8 Å². The molecule has 0 bridgehead atoms. The molecule has 0 atom stereocenters. The average molecular weight is 589 g/mol. The molecule has 0 unspecified atom stereocenters. The largest absolute Gasteiger partial charge is 0.455 e. The van der Waals surface area contributed by atoms with Gasteiger partial charge in [0.05, 0.1) is 0 Å². The molecule has 0 saturated carbocycles. The van der Waals surface area contributed by atoms with Crippen molar-refractivity contribution in [2.45, 2.75) is 13.8 Å². The molecule has 46 heavy (non-hydrogen) atoms. The summed E-state index contributed by atoms with van der Waals surface area (Å²) >= 11 is 0. The average Bonchev–Trinajstić information content (AvgIpc) is 3.67. The molecule has 0 N–H and O–H groups in total. The van der Waals surface area contributed by atoms with Gasteiger partial charge in [-0.05, 0) is 92.7 Å². The maximum absolute atomic E-state index is 6.44. The lowest BCUT2D eigenvalue weighted by Gasteiger charge is -2.15. The van der Waals surface area contributed by atoms with Gasteiger partial charge >= 0.3 is 0 Å². The molecule has 216 valence electrons. The second-order valence-corrected chi connectivity index (χ2v) is 12.6. The van der Waals surface area contributed by atoms with Crippen LogP contribution in [-0.2, 0) is 0 Å². The Balaban J connectivity index is 1.25. The Labute approximate surface area is 265 Å². The number of furan rings is 2. The van der Waals surface area contributed by atoms with Crippen LogP contribution in [0.3, 0.4) is 0 Å². The number of hydrogen-bond acceptors (Lipinski definition) is 2. The highest BCUT2D eigenvalue weighted by Gasteiger charge is 2.17. The summed E-state index contributed by atoms with van der Waals surface area (Å²) in [5.41, 5.74) is 10.8. The third-order valence-electron chi connectivity index (χ3n) is 9.97. The van der Waals surface area contributed by atoms with Gasteiger partial charge in [0.15, 0.2) is 0 Å². The molecule has 0 saturated heterocycles. The molecule has 0 aliphatic rings. The second kappa shape index (κ2) is 9.32. The number of benzene rings is 8. The fourth-order valence-corrected chi connectivity index (χ4v) is 7.55. The van der Waals surface area contributed by atoms with E-state index in [1.165, 1.54) is 43.4 Å². The predicted octanol–water partition coefficient (Wildman–Crippen LogP) is 12.9. The highest BCUT2D eigenvalue weighted by molar-refractivity contribution is 6.27. The molecule has 10 aromatic rings. The van der Waals surface area contributed by atoms with Gasteiger partial charge in [-0.2, -0.15) is 0 Å². The summed E-state index contributed by atoms with van der Waals surface area (Å²) in [5.74, 6) is 0. The molecule has 2 heterocycles. The molecule has 10 rings (SSSR count). The van der Waals surface area contributed by atoms with Crippen LogP contribution in [0.1, 0.15) is 11.1 Å². The minimum absolute atomic E-state index is 0.919. The summed E-state index contributed by atoms with van der Waals surface area (Å²) in [6.45, 7) is 4.42. The molecule has 0 amide bonds. The molecule has 2 aromatic heterocycles. The van der Waals surface area contributed by atoms with Crippen molar-refractivity contribution in [3.63, 3.8) is 0 Å². The van der Waals surface area contributed by atoms with Crippen LogP contribution in [0.5, 0.6) is 0 Å². The quantitative estimate of drug-likeness (QED) is 0.188. The predicted molar refractivity (Wildman–Crippen MR) is 194 cm³/mol. The third-order valence-corrected chi connectivity index (χ3v) is 9.97. The fraction of sp³-hybridized carbons (Fsp3) is 0.0455. The molecule has 2 nitrogen and oxygen atoms in total. The van der Waals surface area contributed by atoms with E-state index in [1.54, 1.807) is 0 Å². The molecular formula is C44H28O2. The summed E-state index contributed by atoms with van der Waals surface area (Å²) in [5, 5.41) is 12.1. The Kier molecular flexibility index (Phi) is 5.16. The number of para-hydroxylation sites is 4. The van der Waals surface area contributed by atoms with Crippen molar-refractivity contribution >= 4 is 76.2 Å². The van der Waals surface area contributed by atoms with Crippen molar-refractivity contribution in [2.24, 2.45) is 0 Å². The van der Waals surface area contributed by atoms with Crippen molar-refractivity contribution in [2.75, 3.05) is 0 Å². The summed E-state index contributed by atoms with van der Waals surface area (Å²) < 4.78 is 12.9. The smallest absolute Gasteiger partial charge is 0.143 e. The zero-order chi connectivity index (χ0) is 30.5. The van der Waals surface area contributed by atoms with E-state index < -0.39 is 0 Å². The molecule has 0 spiro atoms. The van der Waals surface area contributed by atoms with E-state index in [1.807, 2.05) is 24.3 Å². The molecule has 2 heteroatoms. The lowest BCUT2D eigenvalue weighted by atomic mass is 9.88. The van der Waals surface area contributed by atoms with Crippen molar-refractivity contribution in [1.82, 2.24) is 0 Å².